The topological polar surface area (TPSA) is 41.1 Å². The van der Waals surface area contributed by atoms with E-state index in [-0.39, 0.29) is 0 Å². The molecule has 24 heavy (non-hydrogen) atoms. The molecule has 3 aromatic rings. The minimum Gasteiger partial charge on any atom is -0.357 e. The molecular formula is C20H22N4. The highest BCUT2D eigenvalue weighted by Crippen LogP contribution is 2.13. The second-order valence-corrected chi connectivity index (χ2v) is 5.74. The van der Waals surface area contributed by atoms with Crippen LogP contribution in [0.25, 0.3) is 0 Å². The van der Waals surface area contributed by atoms with Crippen molar-refractivity contribution in [2.45, 2.75) is 19.6 Å². The zero-order valence-corrected chi connectivity index (χ0v) is 13.9. The number of nitrogens with one attached hydrogen (secondary N) is 1. The van der Waals surface area contributed by atoms with Crippen LogP contribution in [0.5, 0.6) is 0 Å². The van der Waals surface area contributed by atoms with Gasteiger partial charge in [-0.3, -0.25) is 4.90 Å². The van der Waals surface area contributed by atoms with Crippen molar-refractivity contribution in [3.63, 3.8) is 0 Å². The fraction of sp³-hybridized carbons (Fsp3) is 0.200. The minimum atomic E-state index is 0.659. The Morgan fingerprint density at radius 2 is 1.38 bits per heavy atom. The molecule has 0 aliphatic heterocycles. The molecule has 0 unspecified atom stereocenters. The molecule has 0 atom stereocenters. The van der Waals surface area contributed by atoms with Gasteiger partial charge in [0.15, 0.2) is 0 Å². The van der Waals surface area contributed by atoms with Crippen LogP contribution in [0.4, 0.5) is 5.95 Å². The smallest absolute Gasteiger partial charge is 0.222 e. The molecule has 1 aromatic heterocycles. The summed E-state index contributed by atoms with van der Waals surface area (Å²) < 4.78 is 0. The lowest BCUT2D eigenvalue weighted by molar-refractivity contribution is 0.244. The molecule has 0 bridgehead atoms. The first-order valence-electron chi connectivity index (χ1n) is 8.13. The Kier molecular flexibility index (Phi) is 5.53. The normalized spacial score (nSPS) is 10.8. The SMILES string of the molecule is CNc1nccc(CN(Cc2ccccc2)Cc2ccccc2)n1. The van der Waals surface area contributed by atoms with Crippen molar-refractivity contribution in [3.8, 4) is 0 Å². The van der Waals surface area contributed by atoms with Crippen LogP contribution < -0.4 is 5.32 Å². The Balaban J connectivity index is 1.78. The molecule has 4 heteroatoms. The average molecular weight is 318 g/mol. The number of nitrogens with zero attached hydrogens (tertiary/aromatic N) is 3. The summed E-state index contributed by atoms with van der Waals surface area (Å²) in [6.45, 7) is 2.55. The molecule has 0 aliphatic rings. The van der Waals surface area contributed by atoms with E-state index >= 15 is 0 Å². The number of benzene rings is 2. The van der Waals surface area contributed by atoms with Crippen LogP contribution in [0.2, 0.25) is 0 Å². The van der Waals surface area contributed by atoms with Crippen LogP contribution >= 0.6 is 0 Å². The van der Waals surface area contributed by atoms with E-state index in [4.69, 9.17) is 0 Å². The average Bonchev–Trinajstić information content (AvgIpc) is 2.63. The van der Waals surface area contributed by atoms with Crippen LogP contribution in [-0.4, -0.2) is 21.9 Å². The largest absolute Gasteiger partial charge is 0.357 e. The zero-order chi connectivity index (χ0) is 16.6. The summed E-state index contributed by atoms with van der Waals surface area (Å²) in [5.41, 5.74) is 3.62. The van der Waals surface area contributed by atoms with Crippen molar-refractivity contribution < 1.29 is 0 Å². The van der Waals surface area contributed by atoms with Gasteiger partial charge in [-0.2, -0.15) is 0 Å². The molecule has 1 N–H and O–H groups in total. The first kappa shape index (κ1) is 16.1. The van der Waals surface area contributed by atoms with Gasteiger partial charge in [-0.15, -0.1) is 0 Å². The highest BCUT2D eigenvalue weighted by Gasteiger charge is 2.10. The Morgan fingerprint density at radius 3 is 1.92 bits per heavy atom. The third-order valence-corrected chi connectivity index (χ3v) is 3.82. The van der Waals surface area contributed by atoms with Gasteiger partial charge in [0.25, 0.3) is 0 Å². The molecule has 0 spiro atoms. The number of rotatable bonds is 7. The van der Waals surface area contributed by atoms with Crippen LogP contribution in [0.15, 0.2) is 72.9 Å². The monoisotopic (exact) mass is 318 g/mol. The third kappa shape index (κ3) is 4.64. The molecule has 1 heterocycles. The van der Waals surface area contributed by atoms with Gasteiger partial charge in [0.05, 0.1) is 5.69 Å². The Hall–Kier alpha value is -2.72. The molecule has 4 nitrogen and oxygen atoms in total. The third-order valence-electron chi connectivity index (χ3n) is 3.82. The summed E-state index contributed by atoms with van der Waals surface area (Å²) in [5.74, 6) is 0.659. The van der Waals surface area contributed by atoms with Crippen molar-refractivity contribution >= 4 is 5.95 Å². The summed E-state index contributed by atoms with van der Waals surface area (Å²) in [6.07, 6.45) is 1.80. The van der Waals surface area contributed by atoms with E-state index in [9.17, 15) is 0 Å². The molecular weight excluding hydrogens is 296 g/mol. The molecule has 0 saturated carbocycles. The van der Waals surface area contributed by atoms with Gasteiger partial charge in [0.2, 0.25) is 5.95 Å². The summed E-state index contributed by atoms with van der Waals surface area (Å²) in [7, 11) is 1.84. The fourth-order valence-electron chi connectivity index (χ4n) is 2.68. The molecule has 122 valence electrons. The van der Waals surface area contributed by atoms with E-state index in [2.05, 4.69) is 80.8 Å². The Labute approximate surface area is 143 Å². The molecule has 0 amide bonds. The van der Waals surface area contributed by atoms with Gasteiger partial charge >= 0.3 is 0 Å². The van der Waals surface area contributed by atoms with E-state index in [0.717, 1.165) is 25.3 Å². The fourth-order valence-corrected chi connectivity index (χ4v) is 2.68. The maximum Gasteiger partial charge on any atom is 0.222 e. The van der Waals surface area contributed by atoms with Crippen LogP contribution in [0.1, 0.15) is 16.8 Å². The van der Waals surface area contributed by atoms with Crippen molar-refractivity contribution in [3.05, 3.63) is 89.7 Å². The van der Waals surface area contributed by atoms with Crippen molar-refractivity contribution in [2.75, 3.05) is 12.4 Å². The van der Waals surface area contributed by atoms with Crippen molar-refractivity contribution in [1.82, 2.24) is 14.9 Å². The quantitative estimate of drug-likeness (QED) is 0.721. The summed E-state index contributed by atoms with van der Waals surface area (Å²) in [6, 6.07) is 23.1. The van der Waals surface area contributed by atoms with Gasteiger partial charge in [-0.05, 0) is 17.2 Å². The molecule has 0 aliphatic carbocycles. The van der Waals surface area contributed by atoms with E-state index in [1.54, 1.807) is 6.20 Å². The van der Waals surface area contributed by atoms with Gasteiger partial charge in [-0.25, -0.2) is 9.97 Å². The standard InChI is InChI=1S/C20H22N4/c1-21-20-22-13-12-19(23-20)16-24(14-17-8-4-2-5-9-17)15-18-10-6-3-7-11-18/h2-13H,14-16H2,1H3,(H,21,22,23). The predicted octanol–water partition coefficient (Wildman–Crippen LogP) is 3.72. The van der Waals surface area contributed by atoms with E-state index in [1.165, 1.54) is 11.1 Å². The zero-order valence-electron chi connectivity index (χ0n) is 13.9. The summed E-state index contributed by atoms with van der Waals surface area (Å²) >= 11 is 0. The molecule has 2 aromatic carbocycles. The van der Waals surface area contributed by atoms with Crippen molar-refractivity contribution in [1.29, 1.82) is 0 Å². The van der Waals surface area contributed by atoms with E-state index in [0.29, 0.717) is 5.95 Å². The number of anilines is 1. The van der Waals surface area contributed by atoms with Gasteiger partial charge < -0.3 is 5.32 Å². The lowest BCUT2D eigenvalue weighted by atomic mass is 10.1. The van der Waals surface area contributed by atoms with Gasteiger partial charge in [0.1, 0.15) is 0 Å². The lowest BCUT2D eigenvalue weighted by Crippen LogP contribution is -2.23. The highest BCUT2D eigenvalue weighted by atomic mass is 15.1. The van der Waals surface area contributed by atoms with E-state index in [1.807, 2.05) is 13.1 Å². The predicted molar refractivity (Wildman–Crippen MR) is 97.4 cm³/mol. The second kappa shape index (κ2) is 8.22. The molecule has 0 radical (unpaired) electrons. The maximum absolute atomic E-state index is 4.55. The number of hydrogen-bond acceptors (Lipinski definition) is 4. The molecule has 3 rings (SSSR count). The molecule has 0 fully saturated rings. The maximum atomic E-state index is 4.55. The van der Waals surface area contributed by atoms with E-state index < -0.39 is 0 Å². The van der Waals surface area contributed by atoms with Crippen LogP contribution in [0, 0.1) is 0 Å². The Bertz CT molecular complexity index is 702. The highest BCUT2D eigenvalue weighted by molar-refractivity contribution is 5.24. The minimum absolute atomic E-state index is 0.659. The lowest BCUT2D eigenvalue weighted by Gasteiger charge is -2.22. The van der Waals surface area contributed by atoms with Gasteiger partial charge in [0, 0.05) is 32.9 Å². The second-order valence-electron chi connectivity index (χ2n) is 5.74. The van der Waals surface area contributed by atoms with Crippen LogP contribution in [0.3, 0.4) is 0 Å². The number of aromatic nitrogens is 2. The van der Waals surface area contributed by atoms with Crippen molar-refractivity contribution in [2.24, 2.45) is 0 Å². The van der Waals surface area contributed by atoms with Crippen LogP contribution in [-0.2, 0) is 19.6 Å². The summed E-state index contributed by atoms with van der Waals surface area (Å²) in [4.78, 5) is 11.1. The first-order valence-corrected chi connectivity index (χ1v) is 8.13. The Morgan fingerprint density at radius 1 is 0.792 bits per heavy atom. The summed E-state index contributed by atoms with van der Waals surface area (Å²) in [5, 5.41) is 3.00. The van der Waals surface area contributed by atoms with Gasteiger partial charge in [-0.1, -0.05) is 60.7 Å². The first-order chi connectivity index (χ1) is 11.8. The number of hydrogen-bond donors (Lipinski definition) is 1. The molecule has 0 saturated heterocycles.